The van der Waals surface area contributed by atoms with Gasteiger partial charge in [-0.05, 0) is 43.9 Å². The molecule has 2 rings (SSSR count). The van der Waals surface area contributed by atoms with Crippen molar-refractivity contribution >= 4 is 5.69 Å². The third-order valence-corrected chi connectivity index (χ3v) is 3.09. The molecule has 1 aromatic carbocycles. The van der Waals surface area contributed by atoms with Crippen molar-refractivity contribution in [3.8, 4) is 0 Å². The van der Waals surface area contributed by atoms with Crippen molar-refractivity contribution in [2.24, 2.45) is 5.92 Å². The van der Waals surface area contributed by atoms with Gasteiger partial charge in [0.2, 0.25) is 0 Å². The molecule has 1 aliphatic rings. The van der Waals surface area contributed by atoms with Crippen molar-refractivity contribution in [2.75, 3.05) is 25.5 Å². The third-order valence-electron chi connectivity index (χ3n) is 3.09. The molecule has 0 aliphatic heterocycles. The van der Waals surface area contributed by atoms with Gasteiger partial charge in [0.1, 0.15) is 5.82 Å². The summed E-state index contributed by atoms with van der Waals surface area (Å²) in [6.45, 7) is 3.07. The number of nitrogens with one attached hydrogen (secondary N) is 1. The highest BCUT2D eigenvalue weighted by Gasteiger charge is 2.20. The van der Waals surface area contributed by atoms with Crippen molar-refractivity contribution in [1.82, 2.24) is 5.32 Å². The molecule has 1 aliphatic carbocycles. The average Bonchev–Trinajstić information content (AvgIpc) is 3.14. The van der Waals surface area contributed by atoms with Gasteiger partial charge >= 0.3 is 0 Å². The molecule has 0 aromatic heterocycles. The van der Waals surface area contributed by atoms with Gasteiger partial charge in [0, 0.05) is 31.0 Å². The van der Waals surface area contributed by atoms with E-state index in [1.165, 1.54) is 18.9 Å². The van der Waals surface area contributed by atoms with Crippen LogP contribution >= 0.6 is 0 Å². The van der Waals surface area contributed by atoms with Crippen LogP contribution in [0.3, 0.4) is 0 Å². The van der Waals surface area contributed by atoms with Crippen molar-refractivity contribution < 1.29 is 9.13 Å². The summed E-state index contributed by atoms with van der Waals surface area (Å²) in [7, 11) is 0. The lowest BCUT2D eigenvalue weighted by Crippen LogP contribution is -2.17. The van der Waals surface area contributed by atoms with E-state index in [4.69, 9.17) is 10.5 Å². The number of anilines is 1. The van der Waals surface area contributed by atoms with Crippen LogP contribution < -0.4 is 11.1 Å². The highest BCUT2D eigenvalue weighted by Crippen LogP contribution is 2.28. The van der Waals surface area contributed by atoms with E-state index in [-0.39, 0.29) is 5.82 Å². The maximum absolute atomic E-state index is 13.4. The van der Waals surface area contributed by atoms with E-state index >= 15 is 0 Å². The first-order valence-corrected chi connectivity index (χ1v) is 6.58. The van der Waals surface area contributed by atoms with E-state index in [2.05, 4.69) is 5.32 Å². The zero-order valence-corrected chi connectivity index (χ0v) is 10.6. The molecule has 3 N–H and O–H groups in total. The normalized spacial score (nSPS) is 14.9. The highest BCUT2D eigenvalue weighted by atomic mass is 19.1. The van der Waals surface area contributed by atoms with Gasteiger partial charge in [-0.15, -0.1) is 0 Å². The summed E-state index contributed by atoms with van der Waals surface area (Å²) in [5, 5.41) is 3.20. The molecule has 0 spiro atoms. The SMILES string of the molecule is Nc1ccc(CNCCCOCC2CC2)c(F)c1. The van der Waals surface area contributed by atoms with E-state index in [1.807, 2.05) is 0 Å². The molecule has 0 bridgehead atoms. The van der Waals surface area contributed by atoms with E-state index < -0.39 is 0 Å². The quantitative estimate of drug-likeness (QED) is 0.551. The second kappa shape index (κ2) is 6.71. The fourth-order valence-electron chi connectivity index (χ4n) is 1.76. The molecule has 0 amide bonds. The predicted molar refractivity (Wildman–Crippen MR) is 70.7 cm³/mol. The first-order chi connectivity index (χ1) is 8.75. The molecule has 4 heteroatoms. The summed E-state index contributed by atoms with van der Waals surface area (Å²) in [5.74, 6) is 0.578. The largest absolute Gasteiger partial charge is 0.399 e. The van der Waals surface area contributed by atoms with Gasteiger partial charge < -0.3 is 15.8 Å². The van der Waals surface area contributed by atoms with Crippen LogP contribution in [0.2, 0.25) is 0 Å². The van der Waals surface area contributed by atoms with Crippen LogP contribution in [-0.4, -0.2) is 19.8 Å². The molecule has 0 radical (unpaired) electrons. The second-order valence-electron chi connectivity index (χ2n) is 4.90. The van der Waals surface area contributed by atoms with Gasteiger partial charge in [-0.1, -0.05) is 6.07 Å². The smallest absolute Gasteiger partial charge is 0.129 e. The highest BCUT2D eigenvalue weighted by molar-refractivity contribution is 5.40. The molecule has 1 saturated carbocycles. The van der Waals surface area contributed by atoms with E-state index in [0.717, 1.165) is 32.1 Å². The van der Waals surface area contributed by atoms with Crippen molar-refractivity contribution in [1.29, 1.82) is 0 Å². The van der Waals surface area contributed by atoms with Crippen LogP contribution in [0.25, 0.3) is 0 Å². The Balaban J connectivity index is 1.53. The minimum Gasteiger partial charge on any atom is -0.399 e. The average molecular weight is 252 g/mol. The Morgan fingerprint density at radius 2 is 2.22 bits per heavy atom. The van der Waals surface area contributed by atoms with Gasteiger partial charge in [-0.25, -0.2) is 4.39 Å². The lowest BCUT2D eigenvalue weighted by molar-refractivity contribution is 0.122. The monoisotopic (exact) mass is 252 g/mol. The lowest BCUT2D eigenvalue weighted by atomic mass is 10.2. The van der Waals surface area contributed by atoms with Gasteiger partial charge in [0.25, 0.3) is 0 Å². The Morgan fingerprint density at radius 1 is 1.39 bits per heavy atom. The Kier molecular flexibility index (Phi) is 4.96. The standard InChI is InChI=1S/C14H21FN2O/c15-14-8-13(16)5-4-12(14)9-17-6-1-7-18-10-11-2-3-11/h4-5,8,11,17H,1-3,6-7,9-10,16H2. The number of ether oxygens (including phenoxy) is 1. The van der Waals surface area contributed by atoms with Crippen molar-refractivity contribution in [2.45, 2.75) is 25.8 Å². The molecular weight excluding hydrogens is 231 g/mol. The first-order valence-electron chi connectivity index (χ1n) is 6.58. The number of nitrogens with two attached hydrogens (primary N) is 1. The van der Waals surface area contributed by atoms with Crippen LogP contribution in [0.5, 0.6) is 0 Å². The van der Waals surface area contributed by atoms with Crippen LogP contribution in [0.1, 0.15) is 24.8 Å². The zero-order valence-electron chi connectivity index (χ0n) is 10.6. The predicted octanol–water partition coefficient (Wildman–Crippen LogP) is 2.31. The fraction of sp³-hybridized carbons (Fsp3) is 0.571. The molecule has 0 saturated heterocycles. The molecule has 0 unspecified atom stereocenters. The molecule has 0 heterocycles. The Hall–Kier alpha value is -1.13. The minimum absolute atomic E-state index is 0.243. The van der Waals surface area contributed by atoms with Gasteiger partial charge in [0.15, 0.2) is 0 Å². The number of hydrogen-bond acceptors (Lipinski definition) is 3. The van der Waals surface area contributed by atoms with Crippen LogP contribution in [-0.2, 0) is 11.3 Å². The molecular formula is C14H21FN2O. The maximum atomic E-state index is 13.4. The molecule has 0 atom stereocenters. The summed E-state index contributed by atoms with van der Waals surface area (Å²) < 4.78 is 19.0. The third kappa shape index (κ3) is 4.63. The van der Waals surface area contributed by atoms with Crippen LogP contribution in [0, 0.1) is 11.7 Å². The van der Waals surface area contributed by atoms with Gasteiger partial charge in [-0.2, -0.15) is 0 Å². The lowest BCUT2D eigenvalue weighted by Gasteiger charge is -2.07. The number of halogens is 1. The zero-order chi connectivity index (χ0) is 12.8. The fourth-order valence-corrected chi connectivity index (χ4v) is 1.76. The summed E-state index contributed by atoms with van der Waals surface area (Å²) in [6, 6.07) is 4.80. The summed E-state index contributed by atoms with van der Waals surface area (Å²) >= 11 is 0. The number of hydrogen-bond donors (Lipinski definition) is 2. The summed E-state index contributed by atoms with van der Waals surface area (Å²) in [5.41, 5.74) is 6.61. The Labute approximate surface area is 108 Å². The maximum Gasteiger partial charge on any atom is 0.129 e. The number of nitrogen functional groups attached to an aromatic ring is 1. The minimum atomic E-state index is -0.243. The number of benzene rings is 1. The van der Waals surface area contributed by atoms with E-state index in [1.54, 1.807) is 12.1 Å². The molecule has 1 aromatic rings. The van der Waals surface area contributed by atoms with Crippen LogP contribution in [0.4, 0.5) is 10.1 Å². The second-order valence-corrected chi connectivity index (χ2v) is 4.90. The summed E-state index contributed by atoms with van der Waals surface area (Å²) in [6.07, 6.45) is 3.62. The van der Waals surface area contributed by atoms with E-state index in [9.17, 15) is 4.39 Å². The Morgan fingerprint density at radius 3 is 2.94 bits per heavy atom. The molecule has 18 heavy (non-hydrogen) atoms. The van der Waals surface area contributed by atoms with Crippen LogP contribution in [0.15, 0.2) is 18.2 Å². The van der Waals surface area contributed by atoms with Crippen molar-refractivity contribution in [3.05, 3.63) is 29.6 Å². The Bertz CT molecular complexity index is 380. The number of rotatable bonds is 8. The van der Waals surface area contributed by atoms with E-state index in [0.29, 0.717) is 17.8 Å². The van der Waals surface area contributed by atoms with Gasteiger partial charge in [-0.3, -0.25) is 0 Å². The molecule has 3 nitrogen and oxygen atoms in total. The molecule has 1 fully saturated rings. The first kappa shape index (κ1) is 13.3. The van der Waals surface area contributed by atoms with Crippen molar-refractivity contribution in [3.63, 3.8) is 0 Å². The topological polar surface area (TPSA) is 47.3 Å². The van der Waals surface area contributed by atoms with Gasteiger partial charge in [0.05, 0.1) is 0 Å². The summed E-state index contributed by atoms with van der Waals surface area (Å²) in [4.78, 5) is 0. The molecule has 100 valence electrons.